The number of aromatic nitrogens is 1. The van der Waals surface area contributed by atoms with Crippen molar-refractivity contribution in [2.24, 2.45) is 0 Å². The number of nitrogens with zero attached hydrogens (tertiary/aromatic N) is 2. The molecule has 1 aromatic heterocycles. The SMILES string of the molecule is CC(C)Oc1cccnc1N1CCC(Br)CC1. The van der Waals surface area contributed by atoms with Gasteiger partial charge in [0, 0.05) is 24.1 Å². The second-order valence-corrected chi connectivity index (χ2v) is 5.95. The molecular weight excluding hydrogens is 280 g/mol. The number of ether oxygens (including phenoxy) is 1. The number of pyridine rings is 1. The van der Waals surface area contributed by atoms with Crippen LogP contribution in [0.5, 0.6) is 5.75 Å². The number of anilines is 1. The van der Waals surface area contributed by atoms with Crippen LogP contribution < -0.4 is 9.64 Å². The zero-order valence-corrected chi connectivity index (χ0v) is 12.0. The Hall–Kier alpha value is -0.770. The van der Waals surface area contributed by atoms with E-state index in [4.69, 9.17) is 4.74 Å². The Labute approximate surface area is 111 Å². The molecule has 0 amide bonds. The summed E-state index contributed by atoms with van der Waals surface area (Å²) in [6.07, 6.45) is 4.35. The van der Waals surface area contributed by atoms with Gasteiger partial charge in [-0.2, -0.15) is 0 Å². The fourth-order valence-corrected chi connectivity index (χ4v) is 2.43. The second kappa shape index (κ2) is 5.71. The van der Waals surface area contributed by atoms with E-state index in [2.05, 4.69) is 25.8 Å². The van der Waals surface area contributed by atoms with E-state index in [0.717, 1.165) is 37.5 Å². The van der Waals surface area contributed by atoms with E-state index >= 15 is 0 Å². The van der Waals surface area contributed by atoms with E-state index < -0.39 is 0 Å². The molecule has 3 nitrogen and oxygen atoms in total. The standard InChI is InChI=1S/C13H19BrN2O/c1-10(2)17-12-4-3-7-15-13(12)16-8-5-11(14)6-9-16/h3-4,7,10-11H,5-6,8-9H2,1-2H3. The van der Waals surface area contributed by atoms with Gasteiger partial charge in [-0.15, -0.1) is 0 Å². The van der Waals surface area contributed by atoms with E-state index in [9.17, 15) is 0 Å². The van der Waals surface area contributed by atoms with Crippen LogP contribution in [-0.2, 0) is 0 Å². The molecule has 0 radical (unpaired) electrons. The molecule has 94 valence electrons. The van der Waals surface area contributed by atoms with Gasteiger partial charge in [0.1, 0.15) is 0 Å². The van der Waals surface area contributed by atoms with Crippen molar-refractivity contribution < 1.29 is 4.74 Å². The molecule has 0 spiro atoms. The lowest BCUT2D eigenvalue weighted by atomic mass is 10.1. The number of rotatable bonds is 3. The van der Waals surface area contributed by atoms with Crippen molar-refractivity contribution in [1.82, 2.24) is 4.98 Å². The highest BCUT2D eigenvalue weighted by Gasteiger charge is 2.20. The second-order valence-electron chi connectivity index (χ2n) is 4.65. The minimum absolute atomic E-state index is 0.187. The molecule has 1 aliphatic heterocycles. The third kappa shape index (κ3) is 3.35. The van der Waals surface area contributed by atoms with Gasteiger partial charge >= 0.3 is 0 Å². The molecule has 0 saturated carbocycles. The van der Waals surface area contributed by atoms with Crippen molar-refractivity contribution in [2.45, 2.75) is 37.6 Å². The Morgan fingerprint density at radius 3 is 2.76 bits per heavy atom. The van der Waals surface area contributed by atoms with Crippen molar-refractivity contribution in [2.75, 3.05) is 18.0 Å². The van der Waals surface area contributed by atoms with Gasteiger partial charge in [-0.05, 0) is 38.8 Å². The molecule has 0 aromatic carbocycles. The first-order valence-corrected chi connectivity index (χ1v) is 7.09. The molecule has 1 aliphatic rings. The Bertz CT molecular complexity index is 362. The molecule has 4 heteroatoms. The van der Waals surface area contributed by atoms with Crippen LogP contribution in [0.3, 0.4) is 0 Å². The minimum Gasteiger partial charge on any atom is -0.487 e. The lowest BCUT2D eigenvalue weighted by molar-refractivity contribution is 0.241. The highest BCUT2D eigenvalue weighted by molar-refractivity contribution is 9.09. The first kappa shape index (κ1) is 12.7. The van der Waals surface area contributed by atoms with Gasteiger partial charge in [0.05, 0.1) is 6.10 Å². The summed E-state index contributed by atoms with van der Waals surface area (Å²) < 4.78 is 5.81. The molecule has 0 unspecified atom stereocenters. The lowest BCUT2D eigenvalue weighted by Crippen LogP contribution is -2.34. The van der Waals surface area contributed by atoms with Crippen LogP contribution in [0.15, 0.2) is 18.3 Å². The van der Waals surface area contributed by atoms with Crippen LogP contribution in [0.4, 0.5) is 5.82 Å². The maximum Gasteiger partial charge on any atom is 0.171 e. The molecule has 2 heterocycles. The van der Waals surface area contributed by atoms with Gasteiger partial charge in [-0.25, -0.2) is 4.98 Å². The van der Waals surface area contributed by atoms with Crippen molar-refractivity contribution in [3.8, 4) is 5.75 Å². The molecule has 17 heavy (non-hydrogen) atoms. The van der Waals surface area contributed by atoms with Crippen LogP contribution in [0.2, 0.25) is 0 Å². The molecule has 2 rings (SSSR count). The summed E-state index contributed by atoms with van der Waals surface area (Å²) in [7, 11) is 0. The first-order chi connectivity index (χ1) is 8.16. The van der Waals surface area contributed by atoms with E-state index in [1.807, 2.05) is 32.2 Å². The smallest absolute Gasteiger partial charge is 0.171 e. The Balaban J connectivity index is 2.14. The Morgan fingerprint density at radius 2 is 2.12 bits per heavy atom. The fraction of sp³-hybridized carbons (Fsp3) is 0.615. The summed E-state index contributed by atoms with van der Waals surface area (Å²) in [4.78, 5) is 7.43. The maximum absolute atomic E-state index is 5.81. The zero-order valence-electron chi connectivity index (χ0n) is 10.4. The Kier molecular flexibility index (Phi) is 4.26. The third-order valence-corrected chi connectivity index (χ3v) is 3.75. The van der Waals surface area contributed by atoms with Gasteiger partial charge in [0.25, 0.3) is 0 Å². The predicted octanol–water partition coefficient (Wildman–Crippen LogP) is 3.23. The quantitative estimate of drug-likeness (QED) is 0.801. The van der Waals surface area contributed by atoms with Gasteiger partial charge in [0.2, 0.25) is 0 Å². The molecule has 0 bridgehead atoms. The number of piperidine rings is 1. The van der Waals surface area contributed by atoms with Crippen LogP contribution in [0, 0.1) is 0 Å². The highest BCUT2D eigenvalue weighted by atomic mass is 79.9. The number of alkyl halides is 1. The fourth-order valence-electron chi connectivity index (χ4n) is 2.03. The summed E-state index contributed by atoms with van der Waals surface area (Å²) in [5.41, 5.74) is 0. The average molecular weight is 299 g/mol. The normalized spacial score (nSPS) is 17.5. The largest absolute Gasteiger partial charge is 0.487 e. The number of hydrogen-bond acceptors (Lipinski definition) is 3. The summed E-state index contributed by atoms with van der Waals surface area (Å²) in [5, 5.41) is 0. The number of hydrogen-bond donors (Lipinski definition) is 0. The van der Waals surface area contributed by atoms with Crippen molar-refractivity contribution in [1.29, 1.82) is 0 Å². The van der Waals surface area contributed by atoms with Crippen LogP contribution in [0.1, 0.15) is 26.7 Å². The van der Waals surface area contributed by atoms with Gasteiger partial charge in [-0.3, -0.25) is 0 Å². The third-order valence-electron chi connectivity index (χ3n) is 2.84. The van der Waals surface area contributed by atoms with Crippen LogP contribution >= 0.6 is 15.9 Å². The molecule has 0 aliphatic carbocycles. The summed E-state index contributed by atoms with van der Waals surface area (Å²) >= 11 is 3.67. The van der Waals surface area contributed by atoms with Crippen molar-refractivity contribution >= 4 is 21.7 Å². The summed E-state index contributed by atoms with van der Waals surface area (Å²) in [6.45, 7) is 6.17. The zero-order chi connectivity index (χ0) is 12.3. The van der Waals surface area contributed by atoms with Gasteiger partial charge < -0.3 is 9.64 Å². The summed E-state index contributed by atoms with van der Waals surface area (Å²) in [5.74, 6) is 1.89. The predicted molar refractivity (Wildman–Crippen MR) is 74.2 cm³/mol. The lowest BCUT2D eigenvalue weighted by Gasteiger charge is -2.31. The molecule has 1 fully saturated rings. The molecular formula is C13H19BrN2O. The first-order valence-electron chi connectivity index (χ1n) is 6.17. The highest BCUT2D eigenvalue weighted by Crippen LogP contribution is 2.29. The summed E-state index contributed by atoms with van der Waals surface area (Å²) in [6, 6.07) is 3.93. The van der Waals surface area contributed by atoms with Crippen molar-refractivity contribution in [3.63, 3.8) is 0 Å². The van der Waals surface area contributed by atoms with Crippen LogP contribution in [0.25, 0.3) is 0 Å². The van der Waals surface area contributed by atoms with E-state index in [1.54, 1.807) is 0 Å². The van der Waals surface area contributed by atoms with Crippen molar-refractivity contribution in [3.05, 3.63) is 18.3 Å². The van der Waals surface area contributed by atoms with Gasteiger partial charge in [0.15, 0.2) is 11.6 Å². The van der Waals surface area contributed by atoms with E-state index in [0.29, 0.717) is 4.83 Å². The maximum atomic E-state index is 5.81. The molecule has 0 atom stereocenters. The van der Waals surface area contributed by atoms with Crippen LogP contribution in [-0.4, -0.2) is 29.0 Å². The molecule has 0 N–H and O–H groups in total. The molecule has 1 saturated heterocycles. The Morgan fingerprint density at radius 1 is 1.41 bits per heavy atom. The topological polar surface area (TPSA) is 25.4 Å². The van der Waals surface area contributed by atoms with E-state index in [-0.39, 0.29) is 6.10 Å². The van der Waals surface area contributed by atoms with Gasteiger partial charge in [-0.1, -0.05) is 15.9 Å². The molecule has 1 aromatic rings. The van der Waals surface area contributed by atoms with E-state index in [1.165, 1.54) is 0 Å². The average Bonchev–Trinajstić information content (AvgIpc) is 2.30. The minimum atomic E-state index is 0.187. The monoisotopic (exact) mass is 298 g/mol. The number of halogens is 1.